The molecule has 40 heavy (non-hydrogen) atoms. The third kappa shape index (κ3) is 11.4. The highest BCUT2D eigenvalue weighted by Gasteiger charge is 2.38. The van der Waals surface area contributed by atoms with Gasteiger partial charge in [-0.3, -0.25) is 29.3 Å². The molecule has 220 valence electrons. The van der Waals surface area contributed by atoms with E-state index in [1.54, 1.807) is 0 Å². The van der Waals surface area contributed by atoms with Gasteiger partial charge in [0.1, 0.15) is 12.1 Å². The summed E-state index contributed by atoms with van der Waals surface area (Å²) in [6, 6.07) is 6.53. The average Bonchev–Trinajstić information content (AvgIpc) is 3.42. The summed E-state index contributed by atoms with van der Waals surface area (Å²) >= 11 is 0. The molecule has 3 atom stereocenters. The van der Waals surface area contributed by atoms with Crippen molar-refractivity contribution in [2.24, 2.45) is 0 Å². The van der Waals surface area contributed by atoms with Crippen LogP contribution in [0.4, 0.5) is 0 Å². The average molecular weight is 562 g/mol. The molecule has 1 aliphatic rings. The number of aliphatic carboxylic acids is 2. The van der Waals surface area contributed by atoms with E-state index < -0.39 is 47.8 Å². The second kappa shape index (κ2) is 16.9. The Morgan fingerprint density at radius 1 is 0.900 bits per heavy atom. The number of carbonyl (C=O) groups is 6. The van der Waals surface area contributed by atoms with Crippen LogP contribution in [-0.2, 0) is 35.2 Å². The van der Waals surface area contributed by atoms with Crippen molar-refractivity contribution in [3.8, 4) is 0 Å². The van der Waals surface area contributed by atoms with Crippen LogP contribution in [0, 0.1) is 0 Å². The normalized spacial score (nSPS) is 16.0. The number of amides is 4. The van der Waals surface area contributed by atoms with Crippen molar-refractivity contribution in [2.75, 3.05) is 26.2 Å². The molecule has 2 rings (SSSR count). The largest absolute Gasteiger partial charge is 0.480 e. The molecular formula is C27H39N5O8. The molecule has 0 aliphatic carbocycles. The van der Waals surface area contributed by atoms with E-state index in [2.05, 4.69) is 21.3 Å². The Balaban J connectivity index is 1.92. The molecule has 1 aromatic rings. The van der Waals surface area contributed by atoms with Crippen LogP contribution in [-0.4, -0.2) is 95.0 Å². The lowest BCUT2D eigenvalue weighted by molar-refractivity contribution is -0.149. The van der Waals surface area contributed by atoms with E-state index in [-0.39, 0.29) is 38.4 Å². The molecule has 0 spiro atoms. The van der Waals surface area contributed by atoms with E-state index in [9.17, 15) is 39.0 Å². The summed E-state index contributed by atoms with van der Waals surface area (Å²) in [5.41, 5.74) is 0.964. The van der Waals surface area contributed by atoms with E-state index in [1.807, 2.05) is 30.3 Å². The number of likely N-dealkylation sites (tertiary alicyclic amines) is 1. The van der Waals surface area contributed by atoms with Gasteiger partial charge in [-0.1, -0.05) is 30.3 Å². The fourth-order valence-corrected chi connectivity index (χ4v) is 4.45. The van der Waals surface area contributed by atoms with Crippen LogP contribution in [0.1, 0.15) is 51.0 Å². The quantitative estimate of drug-likeness (QED) is 0.138. The summed E-state index contributed by atoms with van der Waals surface area (Å²) in [5, 5.41) is 29.7. The van der Waals surface area contributed by atoms with E-state index in [1.165, 1.54) is 11.8 Å². The number of nitrogens with one attached hydrogen (secondary N) is 4. The molecule has 1 saturated heterocycles. The van der Waals surface area contributed by atoms with Gasteiger partial charge in [-0.2, -0.15) is 0 Å². The number of carboxylic acid groups (broad SMARTS) is 2. The monoisotopic (exact) mass is 561 g/mol. The number of carboxylic acids is 2. The van der Waals surface area contributed by atoms with E-state index in [0.717, 1.165) is 5.56 Å². The van der Waals surface area contributed by atoms with Gasteiger partial charge in [-0.25, -0.2) is 4.79 Å². The Hall–Kier alpha value is -4.00. The summed E-state index contributed by atoms with van der Waals surface area (Å²) < 4.78 is 0. The SMILES string of the molecule is CC(=O)NCC(=O)NCC(=O)NCCCC[C@H](NC(CCc1ccccc1)C(=O)O)C(=O)N1CCC[C@H]1C(=O)O. The maximum absolute atomic E-state index is 13.4. The number of unbranched alkanes of at least 4 members (excludes halogenated alkanes) is 1. The molecule has 0 radical (unpaired) electrons. The number of aryl methyl sites for hydroxylation is 1. The zero-order valence-electron chi connectivity index (χ0n) is 22.7. The van der Waals surface area contributed by atoms with Crippen molar-refractivity contribution in [2.45, 2.75) is 70.0 Å². The Kier molecular flexibility index (Phi) is 13.6. The smallest absolute Gasteiger partial charge is 0.326 e. The second-order valence-corrected chi connectivity index (χ2v) is 9.69. The van der Waals surface area contributed by atoms with Crippen LogP contribution in [0.25, 0.3) is 0 Å². The number of rotatable bonds is 17. The van der Waals surface area contributed by atoms with Gasteiger partial charge in [0.15, 0.2) is 0 Å². The van der Waals surface area contributed by atoms with Gasteiger partial charge in [0.2, 0.25) is 23.6 Å². The molecule has 1 aromatic carbocycles. The lowest BCUT2D eigenvalue weighted by Gasteiger charge is -2.29. The van der Waals surface area contributed by atoms with Gasteiger partial charge >= 0.3 is 11.9 Å². The van der Waals surface area contributed by atoms with E-state index in [0.29, 0.717) is 38.6 Å². The lowest BCUT2D eigenvalue weighted by Crippen LogP contribution is -2.54. The highest BCUT2D eigenvalue weighted by Crippen LogP contribution is 2.20. The predicted molar refractivity (Wildman–Crippen MR) is 144 cm³/mol. The van der Waals surface area contributed by atoms with E-state index in [4.69, 9.17) is 0 Å². The Morgan fingerprint density at radius 3 is 2.23 bits per heavy atom. The maximum Gasteiger partial charge on any atom is 0.326 e. The molecule has 4 amide bonds. The predicted octanol–water partition coefficient (Wildman–Crippen LogP) is -0.355. The summed E-state index contributed by atoms with van der Waals surface area (Å²) in [6.07, 6.45) is 2.81. The maximum atomic E-state index is 13.4. The molecule has 1 fully saturated rings. The highest BCUT2D eigenvalue weighted by atomic mass is 16.4. The van der Waals surface area contributed by atoms with Crippen molar-refractivity contribution >= 4 is 35.6 Å². The van der Waals surface area contributed by atoms with Gasteiger partial charge in [-0.05, 0) is 50.5 Å². The Morgan fingerprint density at radius 2 is 1.57 bits per heavy atom. The zero-order valence-corrected chi connectivity index (χ0v) is 22.7. The summed E-state index contributed by atoms with van der Waals surface area (Å²) in [5.74, 6) is -3.91. The number of hydrogen-bond acceptors (Lipinski definition) is 7. The lowest BCUT2D eigenvalue weighted by atomic mass is 10.0. The molecule has 6 N–H and O–H groups in total. The summed E-state index contributed by atoms with van der Waals surface area (Å²) in [4.78, 5) is 72.7. The minimum atomic E-state index is -1.10. The molecule has 1 aliphatic heterocycles. The Labute approximate surface area is 233 Å². The summed E-state index contributed by atoms with van der Waals surface area (Å²) in [7, 11) is 0. The minimum Gasteiger partial charge on any atom is -0.480 e. The van der Waals surface area contributed by atoms with Crippen molar-refractivity contribution in [1.29, 1.82) is 0 Å². The fraction of sp³-hybridized carbons (Fsp3) is 0.556. The number of nitrogens with zero attached hydrogens (tertiary/aromatic N) is 1. The van der Waals surface area contributed by atoms with Crippen LogP contribution >= 0.6 is 0 Å². The van der Waals surface area contributed by atoms with Crippen molar-refractivity contribution < 1.29 is 39.0 Å². The summed E-state index contributed by atoms with van der Waals surface area (Å²) in [6.45, 7) is 1.34. The van der Waals surface area contributed by atoms with Gasteiger partial charge in [-0.15, -0.1) is 0 Å². The van der Waals surface area contributed by atoms with Crippen LogP contribution in [0.3, 0.4) is 0 Å². The first-order valence-electron chi connectivity index (χ1n) is 13.4. The molecule has 13 nitrogen and oxygen atoms in total. The van der Waals surface area contributed by atoms with Crippen LogP contribution in [0.15, 0.2) is 30.3 Å². The third-order valence-electron chi connectivity index (χ3n) is 6.57. The van der Waals surface area contributed by atoms with Crippen LogP contribution in [0.5, 0.6) is 0 Å². The fourth-order valence-electron chi connectivity index (χ4n) is 4.45. The van der Waals surface area contributed by atoms with Gasteiger partial charge in [0, 0.05) is 20.0 Å². The van der Waals surface area contributed by atoms with Crippen LogP contribution < -0.4 is 21.3 Å². The zero-order chi connectivity index (χ0) is 29.5. The molecule has 1 unspecified atom stereocenters. The molecule has 0 saturated carbocycles. The molecular weight excluding hydrogens is 522 g/mol. The standard InChI is InChI=1S/C27H39N5O8/c1-18(33)29-16-24(35)30-17-23(34)28-14-6-5-10-20(25(36)32-15-7-11-22(32)27(39)40)31-21(26(37)38)13-12-19-8-3-2-4-9-19/h2-4,8-9,20-22,31H,5-7,10-17H2,1H3,(H,28,34)(H,29,33)(H,30,35)(H,37,38)(H,39,40)/t20-,21?,22-/m0/s1. The number of carbonyl (C=O) groups excluding carboxylic acids is 4. The number of hydrogen-bond donors (Lipinski definition) is 6. The first-order chi connectivity index (χ1) is 19.1. The third-order valence-corrected chi connectivity index (χ3v) is 6.57. The highest BCUT2D eigenvalue weighted by molar-refractivity contribution is 5.88. The van der Waals surface area contributed by atoms with Crippen molar-refractivity contribution in [1.82, 2.24) is 26.2 Å². The Bertz CT molecular complexity index is 1040. The van der Waals surface area contributed by atoms with Crippen molar-refractivity contribution in [3.63, 3.8) is 0 Å². The molecule has 1 heterocycles. The van der Waals surface area contributed by atoms with Gasteiger partial charge in [0.25, 0.3) is 0 Å². The van der Waals surface area contributed by atoms with E-state index >= 15 is 0 Å². The minimum absolute atomic E-state index is 0.229. The first-order valence-corrected chi connectivity index (χ1v) is 13.4. The van der Waals surface area contributed by atoms with Crippen molar-refractivity contribution in [3.05, 3.63) is 35.9 Å². The second-order valence-electron chi connectivity index (χ2n) is 9.69. The number of benzene rings is 1. The van der Waals surface area contributed by atoms with Crippen LogP contribution in [0.2, 0.25) is 0 Å². The van der Waals surface area contributed by atoms with Gasteiger partial charge in [0.05, 0.1) is 19.1 Å². The first kappa shape index (κ1) is 32.2. The topological polar surface area (TPSA) is 194 Å². The molecule has 13 heteroatoms. The van der Waals surface area contributed by atoms with Gasteiger partial charge < -0.3 is 31.1 Å². The molecule has 0 aromatic heterocycles. The molecule has 0 bridgehead atoms.